The quantitative estimate of drug-likeness (QED) is 0.837. The van der Waals surface area contributed by atoms with Crippen LogP contribution in [0.4, 0.5) is 4.79 Å². The van der Waals surface area contributed by atoms with Crippen molar-refractivity contribution in [1.29, 1.82) is 0 Å². The second-order valence-electron chi connectivity index (χ2n) is 4.76. The fraction of sp³-hybridized carbons (Fsp3) is 0.500. The van der Waals surface area contributed by atoms with E-state index in [4.69, 9.17) is 4.74 Å². The van der Waals surface area contributed by atoms with E-state index in [1.807, 2.05) is 0 Å². The Morgan fingerprint density at radius 3 is 2.56 bits per heavy atom. The maximum absolute atomic E-state index is 12.0. The molecule has 1 aromatic heterocycles. The lowest BCUT2D eigenvalue weighted by atomic mass is 10.2. The SMILES string of the molecule is CCN(C(=O)OC(C)(C)C)n1ccc(S)cc1=O. The molecule has 0 aliphatic carbocycles. The second-order valence-corrected chi connectivity index (χ2v) is 5.28. The molecule has 0 radical (unpaired) electrons. The van der Waals surface area contributed by atoms with Crippen molar-refractivity contribution in [1.82, 2.24) is 4.68 Å². The van der Waals surface area contributed by atoms with Gasteiger partial charge in [0.2, 0.25) is 0 Å². The predicted octanol–water partition coefficient (Wildman–Crippen LogP) is 2.03. The molecule has 1 aromatic rings. The van der Waals surface area contributed by atoms with Crippen LogP contribution in [0.3, 0.4) is 0 Å². The maximum atomic E-state index is 12.0. The van der Waals surface area contributed by atoms with Crippen molar-refractivity contribution in [2.24, 2.45) is 0 Å². The number of aromatic nitrogens is 1. The Hall–Kier alpha value is -1.43. The van der Waals surface area contributed by atoms with Gasteiger partial charge in [0.15, 0.2) is 0 Å². The molecule has 0 aromatic carbocycles. The van der Waals surface area contributed by atoms with Gasteiger partial charge in [-0.25, -0.2) is 14.5 Å². The van der Waals surface area contributed by atoms with Crippen molar-refractivity contribution < 1.29 is 9.53 Å². The van der Waals surface area contributed by atoms with Crippen molar-refractivity contribution in [2.45, 2.75) is 38.2 Å². The largest absolute Gasteiger partial charge is 0.442 e. The van der Waals surface area contributed by atoms with E-state index >= 15 is 0 Å². The lowest BCUT2D eigenvalue weighted by Gasteiger charge is -2.27. The van der Waals surface area contributed by atoms with Gasteiger partial charge in [-0.2, -0.15) is 0 Å². The molecule has 0 fully saturated rings. The molecule has 5 nitrogen and oxygen atoms in total. The molecule has 1 rings (SSSR count). The van der Waals surface area contributed by atoms with Crippen molar-refractivity contribution in [3.8, 4) is 0 Å². The molecule has 0 atom stereocenters. The lowest BCUT2D eigenvalue weighted by molar-refractivity contribution is 0.0539. The maximum Gasteiger partial charge on any atom is 0.429 e. The Labute approximate surface area is 112 Å². The van der Waals surface area contributed by atoms with Crippen LogP contribution in [-0.4, -0.2) is 22.9 Å². The monoisotopic (exact) mass is 270 g/mol. The summed E-state index contributed by atoms with van der Waals surface area (Å²) in [5.74, 6) is 0. The Morgan fingerprint density at radius 1 is 1.50 bits per heavy atom. The van der Waals surface area contributed by atoms with Crippen LogP contribution >= 0.6 is 12.6 Å². The minimum absolute atomic E-state index is 0.324. The number of hydrogen-bond donors (Lipinski definition) is 1. The minimum Gasteiger partial charge on any atom is -0.442 e. The van der Waals surface area contributed by atoms with Crippen LogP contribution in [0, 0.1) is 0 Å². The van der Waals surface area contributed by atoms with Gasteiger partial charge in [0.25, 0.3) is 5.56 Å². The number of amides is 1. The molecule has 0 aliphatic heterocycles. The summed E-state index contributed by atoms with van der Waals surface area (Å²) in [7, 11) is 0. The first-order valence-electron chi connectivity index (χ1n) is 5.67. The summed E-state index contributed by atoms with van der Waals surface area (Å²) in [6.45, 7) is 7.43. The first kappa shape index (κ1) is 14.6. The van der Waals surface area contributed by atoms with Crippen LogP contribution in [-0.2, 0) is 4.74 Å². The standard InChI is InChI=1S/C12H18N2O3S/c1-5-13(11(16)17-12(2,3)4)14-7-6-9(18)8-10(14)15/h6-8,18H,5H2,1-4H3. The van der Waals surface area contributed by atoms with Crippen molar-refractivity contribution in [2.75, 3.05) is 11.6 Å². The van der Waals surface area contributed by atoms with Crippen molar-refractivity contribution in [3.63, 3.8) is 0 Å². The molecule has 0 unspecified atom stereocenters. The number of pyridine rings is 1. The summed E-state index contributed by atoms with van der Waals surface area (Å²) in [6, 6.07) is 2.98. The van der Waals surface area contributed by atoms with Gasteiger partial charge in [-0.05, 0) is 33.8 Å². The Bertz CT molecular complexity index is 491. The molecular weight excluding hydrogens is 252 g/mol. The summed E-state index contributed by atoms with van der Waals surface area (Å²) >= 11 is 4.07. The molecule has 0 spiro atoms. The molecule has 100 valence electrons. The Kier molecular flexibility index (Phi) is 4.45. The van der Waals surface area contributed by atoms with Crippen LogP contribution in [0.2, 0.25) is 0 Å². The second kappa shape index (κ2) is 5.48. The average molecular weight is 270 g/mol. The van der Waals surface area contributed by atoms with E-state index in [1.165, 1.54) is 21.9 Å². The van der Waals surface area contributed by atoms with Gasteiger partial charge in [-0.1, -0.05) is 0 Å². The van der Waals surface area contributed by atoms with E-state index < -0.39 is 11.7 Å². The van der Waals surface area contributed by atoms with Gasteiger partial charge in [-0.15, -0.1) is 12.6 Å². The molecule has 0 bridgehead atoms. The third-order valence-corrected chi connectivity index (χ3v) is 2.33. The highest BCUT2D eigenvalue weighted by Gasteiger charge is 2.22. The van der Waals surface area contributed by atoms with Crippen LogP contribution < -0.4 is 10.6 Å². The summed E-state index contributed by atoms with van der Waals surface area (Å²) in [5, 5.41) is 1.24. The van der Waals surface area contributed by atoms with E-state index in [2.05, 4.69) is 12.6 Å². The fourth-order valence-corrected chi connectivity index (χ4v) is 1.52. The molecule has 6 heteroatoms. The highest BCUT2D eigenvalue weighted by atomic mass is 32.1. The molecule has 1 heterocycles. The summed E-state index contributed by atoms with van der Waals surface area (Å²) in [6.07, 6.45) is 0.942. The number of carbonyl (C=O) groups excluding carboxylic acids is 1. The highest BCUT2D eigenvalue weighted by molar-refractivity contribution is 7.80. The van der Waals surface area contributed by atoms with Crippen LogP contribution in [0.5, 0.6) is 0 Å². The number of hydrogen-bond acceptors (Lipinski definition) is 4. The summed E-state index contributed by atoms with van der Waals surface area (Å²) < 4.78 is 6.45. The van der Waals surface area contributed by atoms with Gasteiger partial charge in [0.05, 0.1) is 0 Å². The van der Waals surface area contributed by atoms with Gasteiger partial charge in [0, 0.05) is 23.7 Å². The molecule has 0 saturated carbocycles. The van der Waals surface area contributed by atoms with E-state index in [0.29, 0.717) is 11.4 Å². The van der Waals surface area contributed by atoms with Crippen LogP contribution in [0.1, 0.15) is 27.7 Å². The predicted molar refractivity (Wildman–Crippen MR) is 72.9 cm³/mol. The zero-order valence-electron chi connectivity index (χ0n) is 11.0. The van der Waals surface area contributed by atoms with Crippen LogP contribution in [0.15, 0.2) is 28.0 Å². The number of nitrogens with zero attached hydrogens (tertiary/aromatic N) is 2. The topological polar surface area (TPSA) is 51.5 Å². The zero-order valence-corrected chi connectivity index (χ0v) is 11.9. The van der Waals surface area contributed by atoms with Gasteiger partial charge in [-0.3, -0.25) is 4.79 Å². The first-order chi connectivity index (χ1) is 8.24. The zero-order chi connectivity index (χ0) is 13.9. The number of rotatable bonds is 2. The number of carbonyl (C=O) groups is 1. The molecule has 0 N–H and O–H groups in total. The molecular formula is C12H18N2O3S. The van der Waals surface area contributed by atoms with E-state index in [-0.39, 0.29) is 5.56 Å². The Morgan fingerprint density at radius 2 is 2.11 bits per heavy atom. The van der Waals surface area contributed by atoms with Gasteiger partial charge >= 0.3 is 6.09 Å². The first-order valence-corrected chi connectivity index (χ1v) is 6.12. The van der Waals surface area contributed by atoms with E-state index in [1.54, 1.807) is 33.8 Å². The minimum atomic E-state index is -0.600. The van der Waals surface area contributed by atoms with Crippen LogP contribution in [0.25, 0.3) is 0 Å². The average Bonchev–Trinajstić information content (AvgIpc) is 2.19. The normalized spacial score (nSPS) is 11.2. The van der Waals surface area contributed by atoms with E-state index in [9.17, 15) is 9.59 Å². The number of ether oxygens (including phenoxy) is 1. The Balaban J connectivity index is 3.03. The van der Waals surface area contributed by atoms with Crippen molar-refractivity contribution in [3.05, 3.63) is 28.7 Å². The molecule has 0 saturated heterocycles. The lowest BCUT2D eigenvalue weighted by Crippen LogP contribution is -2.48. The molecule has 0 aliphatic rings. The van der Waals surface area contributed by atoms with Crippen molar-refractivity contribution >= 4 is 18.7 Å². The fourth-order valence-electron chi connectivity index (χ4n) is 1.34. The highest BCUT2D eigenvalue weighted by Crippen LogP contribution is 2.09. The van der Waals surface area contributed by atoms with Gasteiger partial charge in [0.1, 0.15) is 5.60 Å². The summed E-state index contributed by atoms with van der Waals surface area (Å²) in [5.41, 5.74) is -0.923. The molecule has 1 amide bonds. The third-order valence-electron chi connectivity index (χ3n) is 2.05. The van der Waals surface area contributed by atoms with Gasteiger partial charge < -0.3 is 4.74 Å². The number of thiol groups is 1. The van der Waals surface area contributed by atoms with E-state index in [0.717, 1.165) is 0 Å². The third kappa shape index (κ3) is 3.80. The summed E-state index contributed by atoms with van der Waals surface area (Å²) in [4.78, 5) is 24.3. The molecule has 18 heavy (non-hydrogen) atoms. The smallest absolute Gasteiger partial charge is 0.429 e.